The fourth-order valence-electron chi connectivity index (χ4n) is 1.47. The zero-order valence-corrected chi connectivity index (χ0v) is 7.93. The molecule has 0 aliphatic carbocycles. The lowest BCUT2D eigenvalue weighted by atomic mass is 10.1. The molecule has 5 nitrogen and oxygen atoms in total. The number of fused-ring (bicyclic) bond motifs is 1. The Hall–Kier alpha value is -1.88. The number of nitrogens with two attached hydrogens (primary N) is 1. The Balaban J connectivity index is 2.32. The van der Waals surface area contributed by atoms with Crippen LogP contribution in [0.25, 0.3) is 10.9 Å². The van der Waals surface area contributed by atoms with Gasteiger partial charge in [0, 0.05) is 23.5 Å². The molecule has 0 amide bonds. The summed E-state index contributed by atoms with van der Waals surface area (Å²) in [6.45, 7) is 0. The van der Waals surface area contributed by atoms with Gasteiger partial charge < -0.3 is 15.6 Å². The van der Waals surface area contributed by atoms with Crippen molar-refractivity contribution in [1.29, 1.82) is 0 Å². The number of hydrogen-bond donors (Lipinski definition) is 2. The normalized spacial score (nSPS) is 12.9. The smallest absolute Gasteiger partial charge is 0.0923 e. The zero-order valence-electron chi connectivity index (χ0n) is 7.93. The Morgan fingerprint density at radius 1 is 1.53 bits per heavy atom. The molecule has 0 radical (unpaired) electrons. The van der Waals surface area contributed by atoms with Crippen LogP contribution in [0.1, 0.15) is 5.69 Å². The maximum atomic E-state index is 10.5. The van der Waals surface area contributed by atoms with Gasteiger partial charge in [-0.2, -0.15) is 5.10 Å². The summed E-state index contributed by atoms with van der Waals surface area (Å²) in [5.74, 6) is -1.26. The summed E-state index contributed by atoms with van der Waals surface area (Å²) in [7, 11) is 0. The van der Waals surface area contributed by atoms with Crippen LogP contribution in [0.3, 0.4) is 0 Å². The number of nitrogens with one attached hydrogen (secondary N) is 1. The summed E-state index contributed by atoms with van der Waals surface area (Å²) in [5.41, 5.74) is 6.92. The molecule has 0 spiro atoms. The number of hydrogen-bond acceptors (Lipinski definition) is 4. The Bertz CT molecular complexity index is 492. The van der Waals surface area contributed by atoms with Crippen LogP contribution >= 0.6 is 0 Å². The van der Waals surface area contributed by atoms with Gasteiger partial charge in [-0.1, -0.05) is 18.2 Å². The van der Waals surface area contributed by atoms with Crippen molar-refractivity contribution in [3.63, 3.8) is 0 Å². The van der Waals surface area contributed by atoms with E-state index in [0.29, 0.717) is 0 Å². The van der Waals surface area contributed by atoms with E-state index in [0.717, 1.165) is 16.6 Å². The summed E-state index contributed by atoms with van der Waals surface area (Å²) < 4.78 is 0. The van der Waals surface area contributed by atoms with Crippen LogP contribution in [0.15, 0.2) is 24.3 Å². The summed E-state index contributed by atoms with van der Waals surface area (Å²) in [5, 5.41) is 18.2. The first-order chi connectivity index (χ1) is 7.18. The van der Waals surface area contributed by atoms with Crippen LogP contribution in [0.5, 0.6) is 0 Å². The molecule has 0 saturated heterocycles. The molecule has 1 heterocycles. The van der Waals surface area contributed by atoms with Crippen molar-refractivity contribution in [2.24, 2.45) is 5.73 Å². The Kier molecular flexibility index (Phi) is 2.39. The van der Waals surface area contributed by atoms with E-state index >= 15 is 0 Å². The molecule has 1 aromatic heterocycles. The number of rotatable bonds is 3. The molecule has 2 rings (SSSR count). The quantitative estimate of drug-likeness (QED) is 0.683. The van der Waals surface area contributed by atoms with Gasteiger partial charge in [0.2, 0.25) is 0 Å². The second kappa shape index (κ2) is 3.70. The van der Waals surface area contributed by atoms with Gasteiger partial charge in [-0.05, 0) is 6.07 Å². The second-order valence-electron chi connectivity index (χ2n) is 3.35. The minimum atomic E-state index is -1.26. The molecular formula is C10H10N3O2-. The molecule has 0 saturated carbocycles. The molecule has 3 N–H and O–H groups in total. The molecule has 15 heavy (non-hydrogen) atoms. The fourth-order valence-corrected chi connectivity index (χ4v) is 1.47. The van der Waals surface area contributed by atoms with Crippen LogP contribution in [0.2, 0.25) is 0 Å². The molecule has 1 atom stereocenters. The van der Waals surface area contributed by atoms with Gasteiger partial charge in [-0.25, -0.2) is 0 Å². The number of para-hydroxylation sites is 1. The van der Waals surface area contributed by atoms with E-state index in [1.54, 1.807) is 0 Å². The average Bonchev–Trinajstić information content (AvgIpc) is 2.62. The topological polar surface area (TPSA) is 94.8 Å². The largest absolute Gasteiger partial charge is 0.548 e. The number of nitrogens with zero attached hydrogens (tertiary/aromatic N) is 1. The Morgan fingerprint density at radius 2 is 2.27 bits per heavy atom. The van der Waals surface area contributed by atoms with Gasteiger partial charge in [-0.15, -0.1) is 0 Å². The molecule has 5 heteroatoms. The summed E-state index contributed by atoms with van der Waals surface area (Å²) in [4.78, 5) is 10.5. The van der Waals surface area contributed by atoms with E-state index in [2.05, 4.69) is 10.2 Å². The average molecular weight is 204 g/mol. The van der Waals surface area contributed by atoms with Crippen molar-refractivity contribution in [2.45, 2.75) is 12.5 Å². The van der Waals surface area contributed by atoms with Crippen LogP contribution < -0.4 is 10.8 Å². The highest BCUT2D eigenvalue weighted by Gasteiger charge is 2.09. The van der Waals surface area contributed by atoms with Crippen molar-refractivity contribution >= 4 is 16.9 Å². The van der Waals surface area contributed by atoms with Crippen molar-refractivity contribution < 1.29 is 9.90 Å². The van der Waals surface area contributed by atoms with Crippen molar-refractivity contribution in [3.05, 3.63) is 30.0 Å². The minimum Gasteiger partial charge on any atom is -0.548 e. The van der Waals surface area contributed by atoms with E-state index in [4.69, 9.17) is 5.73 Å². The highest BCUT2D eigenvalue weighted by atomic mass is 16.4. The third-order valence-electron chi connectivity index (χ3n) is 2.27. The number of carboxylic acid groups (broad SMARTS) is 1. The molecule has 0 aliphatic rings. The minimum absolute atomic E-state index is 0.197. The lowest BCUT2D eigenvalue weighted by Gasteiger charge is -2.10. The Morgan fingerprint density at radius 3 is 3.00 bits per heavy atom. The van der Waals surface area contributed by atoms with Crippen LogP contribution in [0, 0.1) is 0 Å². The monoisotopic (exact) mass is 204 g/mol. The van der Waals surface area contributed by atoms with E-state index in [-0.39, 0.29) is 6.42 Å². The van der Waals surface area contributed by atoms with Gasteiger partial charge in [0.15, 0.2) is 0 Å². The highest BCUT2D eigenvalue weighted by molar-refractivity contribution is 5.82. The molecule has 0 fully saturated rings. The van der Waals surface area contributed by atoms with E-state index in [9.17, 15) is 9.90 Å². The molecule has 78 valence electrons. The number of H-pyrrole nitrogens is 1. The molecule has 0 bridgehead atoms. The molecule has 1 aromatic carbocycles. The van der Waals surface area contributed by atoms with Gasteiger partial charge in [0.1, 0.15) is 0 Å². The first kappa shape index (κ1) is 9.67. The summed E-state index contributed by atoms with van der Waals surface area (Å²) in [6, 6.07) is 6.45. The third-order valence-corrected chi connectivity index (χ3v) is 2.27. The number of benzene rings is 1. The predicted molar refractivity (Wildman–Crippen MR) is 52.8 cm³/mol. The number of aliphatic carboxylic acids is 1. The van der Waals surface area contributed by atoms with Gasteiger partial charge in [-0.3, -0.25) is 5.10 Å². The zero-order chi connectivity index (χ0) is 10.8. The standard InChI is InChI=1S/C10H11N3O2/c11-7(10(14)15)5-9-6-3-1-2-4-8(6)12-13-9/h1-4,7H,5,11H2,(H,12,13)(H,14,15)/p-1. The van der Waals surface area contributed by atoms with Crippen LogP contribution in [-0.2, 0) is 11.2 Å². The van der Waals surface area contributed by atoms with Crippen molar-refractivity contribution in [2.75, 3.05) is 0 Å². The lowest BCUT2D eigenvalue weighted by Crippen LogP contribution is -2.43. The third kappa shape index (κ3) is 1.82. The van der Waals surface area contributed by atoms with Crippen LogP contribution in [0.4, 0.5) is 0 Å². The Labute approximate surface area is 85.9 Å². The number of carboxylic acids is 1. The van der Waals surface area contributed by atoms with E-state index < -0.39 is 12.0 Å². The molecule has 2 aromatic rings. The number of aromatic nitrogens is 2. The summed E-state index contributed by atoms with van der Waals surface area (Å²) in [6.07, 6.45) is 0.197. The summed E-state index contributed by atoms with van der Waals surface area (Å²) >= 11 is 0. The van der Waals surface area contributed by atoms with Crippen molar-refractivity contribution in [3.8, 4) is 0 Å². The number of aromatic amines is 1. The van der Waals surface area contributed by atoms with E-state index in [1.165, 1.54) is 0 Å². The van der Waals surface area contributed by atoms with Gasteiger partial charge >= 0.3 is 0 Å². The van der Waals surface area contributed by atoms with Crippen molar-refractivity contribution in [1.82, 2.24) is 10.2 Å². The maximum Gasteiger partial charge on any atom is 0.0923 e. The first-order valence-electron chi connectivity index (χ1n) is 4.57. The van der Waals surface area contributed by atoms with Gasteiger partial charge in [0.25, 0.3) is 0 Å². The van der Waals surface area contributed by atoms with E-state index in [1.807, 2.05) is 24.3 Å². The number of carbonyl (C=O) groups excluding carboxylic acids is 1. The lowest BCUT2D eigenvalue weighted by molar-refractivity contribution is -0.307. The predicted octanol–water partition coefficient (Wildman–Crippen LogP) is -0.817. The van der Waals surface area contributed by atoms with Gasteiger partial charge in [0.05, 0.1) is 11.5 Å². The second-order valence-corrected chi connectivity index (χ2v) is 3.35. The fraction of sp³-hybridized carbons (Fsp3) is 0.200. The molecule has 0 aliphatic heterocycles. The molecule has 1 unspecified atom stereocenters. The molecular weight excluding hydrogens is 194 g/mol. The SMILES string of the molecule is NC(Cc1[nH]nc2ccccc12)C(=O)[O-]. The first-order valence-corrected chi connectivity index (χ1v) is 4.57. The highest BCUT2D eigenvalue weighted by Crippen LogP contribution is 2.15. The number of carbonyl (C=O) groups is 1. The van der Waals surface area contributed by atoms with Crippen LogP contribution in [-0.4, -0.2) is 22.2 Å². The maximum absolute atomic E-state index is 10.5.